The van der Waals surface area contributed by atoms with Crippen LogP contribution < -0.4 is 11.2 Å². The molecule has 126 valence electrons. The normalized spacial score (nSPS) is 16.1. The predicted molar refractivity (Wildman–Crippen MR) is 95.0 cm³/mol. The minimum Gasteiger partial charge on any atom is -0.446 e. The van der Waals surface area contributed by atoms with Gasteiger partial charge in [-0.25, -0.2) is 8.78 Å². The SMILES string of the molecule is Cc1nnc(N)c2ccc(-c3ccc4c(c3)B(O)CCC4(F)F)cc12. The number of halogens is 2. The van der Waals surface area contributed by atoms with Gasteiger partial charge in [0.2, 0.25) is 0 Å². The number of nitrogens with zero attached hydrogens (tertiary/aromatic N) is 2. The Morgan fingerprint density at radius 1 is 1.08 bits per heavy atom. The molecule has 0 radical (unpaired) electrons. The summed E-state index contributed by atoms with van der Waals surface area (Å²) in [5.41, 5.74) is 8.46. The number of anilines is 1. The zero-order valence-electron chi connectivity index (χ0n) is 13.6. The number of hydrogen-bond donors (Lipinski definition) is 2. The van der Waals surface area contributed by atoms with E-state index in [1.165, 1.54) is 6.07 Å². The lowest BCUT2D eigenvalue weighted by molar-refractivity contribution is -0.00991. The minimum atomic E-state index is -2.89. The lowest BCUT2D eigenvalue weighted by Gasteiger charge is -2.27. The van der Waals surface area contributed by atoms with Crippen molar-refractivity contribution in [2.45, 2.75) is 25.6 Å². The fourth-order valence-corrected chi connectivity index (χ4v) is 3.44. The van der Waals surface area contributed by atoms with Crippen molar-refractivity contribution in [3.63, 3.8) is 0 Å². The lowest BCUT2D eigenvalue weighted by atomic mass is 9.52. The standard InChI is InChI=1S/C18H16BF2N3O/c1-10-14-8-11(2-4-13(14)17(22)24-23-10)12-3-5-15-16(9-12)19(25)7-6-18(15,20)21/h2-5,8-9,25H,6-7H2,1H3,(H2,22,24). The van der Waals surface area contributed by atoms with Gasteiger partial charge in [0.15, 0.2) is 5.82 Å². The van der Waals surface area contributed by atoms with Gasteiger partial charge >= 0.3 is 6.92 Å². The van der Waals surface area contributed by atoms with Crippen LogP contribution in [0.2, 0.25) is 6.32 Å². The van der Waals surface area contributed by atoms with E-state index < -0.39 is 12.8 Å². The van der Waals surface area contributed by atoms with Gasteiger partial charge in [-0.05, 0) is 42.0 Å². The highest BCUT2D eigenvalue weighted by Crippen LogP contribution is 2.37. The van der Waals surface area contributed by atoms with Gasteiger partial charge in [0.1, 0.15) is 0 Å². The van der Waals surface area contributed by atoms with Gasteiger partial charge in [0.05, 0.1) is 5.69 Å². The quantitative estimate of drug-likeness (QED) is 0.669. The molecule has 1 aromatic heterocycles. The summed E-state index contributed by atoms with van der Waals surface area (Å²) >= 11 is 0. The van der Waals surface area contributed by atoms with E-state index in [4.69, 9.17) is 5.73 Å². The molecule has 0 unspecified atom stereocenters. The zero-order chi connectivity index (χ0) is 17.8. The molecule has 1 aliphatic heterocycles. The van der Waals surface area contributed by atoms with Crippen molar-refractivity contribution in [3.05, 3.63) is 47.7 Å². The summed E-state index contributed by atoms with van der Waals surface area (Å²) in [6.07, 6.45) is -0.264. The van der Waals surface area contributed by atoms with Crippen molar-refractivity contribution >= 4 is 29.0 Å². The minimum absolute atomic E-state index is 0.0619. The molecule has 2 aromatic carbocycles. The van der Waals surface area contributed by atoms with E-state index in [0.29, 0.717) is 11.3 Å². The molecule has 0 aliphatic carbocycles. The Kier molecular flexibility index (Phi) is 3.51. The first-order valence-electron chi connectivity index (χ1n) is 8.10. The first kappa shape index (κ1) is 16.0. The van der Waals surface area contributed by atoms with Gasteiger partial charge in [0.25, 0.3) is 5.92 Å². The molecular weight excluding hydrogens is 323 g/mol. The second-order valence-corrected chi connectivity index (χ2v) is 6.49. The van der Waals surface area contributed by atoms with E-state index in [2.05, 4.69) is 10.2 Å². The van der Waals surface area contributed by atoms with Crippen LogP contribution in [0.25, 0.3) is 21.9 Å². The second kappa shape index (κ2) is 5.49. The van der Waals surface area contributed by atoms with Crippen LogP contribution >= 0.6 is 0 Å². The Balaban J connectivity index is 1.87. The second-order valence-electron chi connectivity index (χ2n) is 6.49. The highest BCUT2D eigenvalue weighted by atomic mass is 19.3. The fourth-order valence-electron chi connectivity index (χ4n) is 3.44. The van der Waals surface area contributed by atoms with Crippen molar-refractivity contribution in [2.24, 2.45) is 0 Å². The van der Waals surface area contributed by atoms with Crippen molar-refractivity contribution in [2.75, 3.05) is 5.73 Å². The van der Waals surface area contributed by atoms with E-state index >= 15 is 0 Å². The first-order valence-corrected chi connectivity index (χ1v) is 8.10. The summed E-state index contributed by atoms with van der Waals surface area (Å²) in [5.74, 6) is -2.54. The van der Waals surface area contributed by atoms with Gasteiger partial charge < -0.3 is 10.8 Å². The molecule has 0 amide bonds. The van der Waals surface area contributed by atoms with E-state index in [1.54, 1.807) is 12.1 Å². The van der Waals surface area contributed by atoms with Crippen LogP contribution in [-0.4, -0.2) is 22.1 Å². The molecule has 4 rings (SSSR count). The van der Waals surface area contributed by atoms with Gasteiger partial charge in [0, 0.05) is 22.8 Å². The number of fused-ring (bicyclic) bond motifs is 2. The number of hydrogen-bond acceptors (Lipinski definition) is 4. The van der Waals surface area contributed by atoms with E-state index in [1.807, 2.05) is 25.1 Å². The molecule has 3 N–H and O–H groups in total. The largest absolute Gasteiger partial charge is 0.446 e. The van der Waals surface area contributed by atoms with Crippen molar-refractivity contribution < 1.29 is 13.8 Å². The third kappa shape index (κ3) is 2.55. The summed E-state index contributed by atoms with van der Waals surface area (Å²) < 4.78 is 28.1. The van der Waals surface area contributed by atoms with Crippen LogP contribution in [0.1, 0.15) is 17.7 Å². The number of aromatic nitrogens is 2. The van der Waals surface area contributed by atoms with Gasteiger partial charge in [-0.2, -0.15) is 5.10 Å². The molecule has 0 saturated carbocycles. The Morgan fingerprint density at radius 3 is 2.60 bits per heavy atom. The molecule has 0 atom stereocenters. The number of nitrogens with two attached hydrogens (primary N) is 1. The maximum Gasteiger partial charge on any atom is 0.324 e. The molecule has 1 aliphatic rings. The van der Waals surface area contributed by atoms with Crippen LogP contribution in [0.4, 0.5) is 14.6 Å². The molecular formula is C18H16BF2N3O. The molecule has 25 heavy (non-hydrogen) atoms. The molecule has 0 fully saturated rings. The average Bonchev–Trinajstić information content (AvgIpc) is 2.61. The Labute approximate surface area is 143 Å². The third-order valence-electron chi connectivity index (χ3n) is 4.86. The average molecular weight is 339 g/mol. The Hall–Kier alpha value is -2.54. The molecule has 3 aromatic rings. The summed E-state index contributed by atoms with van der Waals surface area (Å²) in [7, 11) is 0. The highest BCUT2D eigenvalue weighted by Gasteiger charge is 2.41. The topological polar surface area (TPSA) is 72.0 Å². The van der Waals surface area contributed by atoms with Crippen molar-refractivity contribution in [3.8, 4) is 11.1 Å². The number of aryl methyl sites for hydroxylation is 1. The van der Waals surface area contributed by atoms with E-state index in [0.717, 1.165) is 27.6 Å². The van der Waals surface area contributed by atoms with Crippen LogP contribution in [0, 0.1) is 6.92 Å². The summed E-state index contributed by atoms with van der Waals surface area (Å²) in [6.45, 7) is 0.980. The van der Waals surface area contributed by atoms with Crippen molar-refractivity contribution in [1.82, 2.24) is 10.2 Å². The molecule has 4 nitrogen and oxygen atoms in total. The van der Waals surface area contributed by atoms with Crippen LogP contribution in [0.15, 0.2) is 36.4 Å². The van der Waals surface area contributed by atoms with Gasteiger partial charge in [-0.3, -0.25) is 0 Å². The Bertz CT molecular complexity index is 993. The molecule has 0 saturated heterocycles. The maximum atomic E-state index is 14.1. The number of rotatable bonds is 1. The van der Waals surface area contributed by atoms with E-state index in [9.17, 15) is 13.8 Å². The summed E-state index contributed by atoms with van der Waals surface area (Å²) in [4.78, 5) is 0. The summed E-state index contributed by atoms with van der Waals surface area (Å²) in [5, 5.41) is 19.8. The van der Waals surface area contributed by atoms with Gasteiger partial charge in [-0.15, -0.1) is 5.10 Å². The first-order chi connectivity index (χ1) is 11.9. The number of benzene rings is 2. The smallest absolute Gasteiger partial charge is 0.324 e. The predicted octanol–water partition coefficient (Wildman–Crippen LogP) is 2.87. The summed E-state index contributed by atoms with van der Waals surface area (Å²) in [6, 6.07) is 10.4. The van der Waals surface area contributed by atoms with E-state index in [-0.39, 0.29) is 18.3 Å². The van der Waals surface area contributed by atoms with Crippen LogP contribution in [0.5, 0.6) is 0 Å². The lowest BCUT2D eigenvalue weighted by Crippen LogP contribution is -2.42. The van der Waals surface area contributed by atoms with Gasteiger partial charge in [-0.1, -0.05) is 24.3 Å². The monoisotopic (exact) mass is 339 g/mol. The molecule has 0 bridgehead atoms. The third-order valence-corrected chi connectivity index (χ3v) is 4.86. The maximum absolute atomic E-state index is 14.1. The molecule has 0 spiro atoms. The number of alkyl halides is 2. The fraction of sp³-hybridized carbons (Fsp3) is 0.222. The Morgan fingerprint density at radius 2 is 1.80 bits per heavy atom. The zero-order valence-corrected chi connectivity index (χ0v) is 13.6. The highest BCUT2D eigenvalue weighted by molar-refractivity contribution is 6.67. The van der Waals surface area contributed by atoms with Crippen LogP contribution in [-0.2, 0) is 5.92 Å². The molecule has 2 heterocycles. The number of nitrogen functional groups attached to an aromatic ring is 1. The van der Waals surface area contributed by atoms with Crippen molar-refractivity contribution in [1.29, 1.82) is 0 Å². The van der Waals surface area contributed by atoms with Crippen LogP contribution in [0.3, 0.4) is 0 Å². The molecule has 7 heteroatoms.